The Labute approximate surface area is 155 Å². The van der Waals surface area contributed by atoms with Crippen LogP contribution in [0.15, 0.2) is 54.7 Å². The zero-order valence-corrected chi connectivity index (χ0v) is 14.6. The van der Waals surface area contributed by atoms with Crippen LogP contribution in [0, 0.1) is 18.3 Å². The molecule has 1 amide bonds. The van der Waals surface area contributed by atoms with Gasteiger partial charge in [-0.2, -0.15) is 5.26 Å². The Hall–Kier alpha value is -3.43. The number of nitriles is 1. The fourth-order valence-electron chi connectivity index (χ4n) is 2.26. The van der Waals surface area contributed by atoms with Gasteiger partial charge in [-0.15, -0.1) is 0 Å². The molecule has 7 heteroatoms. The average Bonchev–Trinajstić information content (AvgIpc) is 2.65. The lowest BCUT2D eigenvalue weighted by Gasteiger charge is -2.10. The maximum absolute atomic E-state index is 12.4. The molecule has 1 heterocycles. The molecule has 6 nitrogen and oxygen atoms in total. The van der Waals surface area contributed by atoms with Gasteiger partial charge in [0.2, 0.25) is 5.95 Å². The van der Waals surface area contributed by atoms with Crippen LogP contribution in [0.2, 0.25) is 5.02 Å². The molecule has 0 saturated carbocycles. The van der Waals surface area contributed by atoms with Crippen LogP contribution in [0.1, 0.15) is 21.6 Å². The van der Waals surface area contributed by atoms with Gasteiger partial charge >= 0.3 is 0 Å². The molecule has 0 radical (unpaired) electrons. The summed E-state index contributed by atoms with van der Waals surface area (Å²) in [5, 5.41) is 15.3. The molecule has 0 aliphatic heterocycles. The van der Waals surface area contributed by atoms with E-state index in [0.29, 0.717) is 16.3 Å². The molecule has 128 valence electrons. The molecule has 26 heavy (non-hydrogen) atoms. The van der Waals surface area contributed by atoms with E-state index >= 15 is 0 Å². The molecule has 0 saturated heterocycles. The molecule has 3 aromatic rings. The number of carbonyl (C=O) groups excluding carboxylic acids is 1. The first-order valence-electron chi connectivity index (χ1n) is 7.73. The van der Waals surface area contributed by atoms with E-state index in [4.69, 9.17) is 16.9 Å². The van der Waals surface area contributed by atoms with E-state index in [1.54, 1.807) is 36.4 Å². The van der Waals surface area contributed by atoms with E-state index in [9.17, 15) is 4.79 Å². The number of carbonyl (C=O) groups is 1. The van der Waals surface area contributed by atoms with Gasteiger partial charge in [0.25, 0.3) is 5.91 Å². The second-order valence-corrected chi connectivity index (χ2v) is 5.93. The Morgan fingerprint density at radius 3 is 2.85 bits per heavy atom. The molecule has 0 aliphatic carbocycles. The molecule has 0 spiro atoms. The lowest BCUT2D eigenvalue weighted by atomic mass is 10.2. The number of halogens is 1. The van der Waals surface area contributed by atoms with Crippen molar-refractivity contribution in [2.75, 3.05) is 10.6 Å². The lowest BCUT2D eigenvalue weighted by Crippen LogP contribution is -2.15. The highest BCUT2D eigenvalue weighted by atomic mass is 35.5. The molecule has 0 bridgehead atoms. The number of hydrogen-bond donors (Lipinski definition) is 2. The predicted molar refractivity (Wildman–Crippen MR) is 101 cm³/mol. The van der Waals surface area contributed by atoms with E-state index < -0.39 is 5.91 Å². The molecule has 2 N–H and O–H groups in total. The second-order valence-electron chi connectivity index (χ2n) is 5.50. The minimum Gasteiger partial charge on any atom is -0.324 e. The van der Waals surface area contributed by atoms with Crippen LogP contribution < -0.4 is 10.6 Å². The average molecular weight is 364 g/mol. The van der Waals surface area contributed by atoms with E-state index in [1.165, 1.54) is 12.3 Å². The minimum absolute atomic E-state index is 0.199. The number of nitrogens with zero attached hydrogens (tertiary/aromatic N) is 3. The number of aryl methyl sites for hydroxylation is 1. The number of anilines is 3. The third kappa shape index (κ3) is 4.15. The van der Waals surface area contributed by atoms with Gasteiger partial charge in [-0.05, 0) is 48.9 Å². The van der Waals surface area contributed by atoms with Crippen molar-refractivity contribution in [1.82, 2.24) is 9.97 Å². The lowest BCUT2D eigenvalue weighted by molar-refractivity contribution is 0.102. The summed E-state index contributed by atoms with van der Waals surface area (Å²) in [5.74, 6) is -0.109. The van der Waals surface area contributed by atoms with Crippen LogP contribution in [0.3, 0.4) is 0 Å². The van der Waals surface area contributed by atoms with Crippen molar-refractivity contribution >= 4 is 34.8 Å². The molecule has 2 aromatic carbocycles. The Bertz CT molecular complexity index is 1010. The van der Waals surface area contributed by atoms with Crippen LogP contribution in [-0.2, 0) is 0 Å². The zero-order valence-electron chi connectivity index (χ0n) is 13.8. The molecular formula is C19H14ClN5O. The van der Waals surface area contributed by atoms with Gasteiger partial charge in [0, 0.05) is 22.6 Å². The van der Waals surface area contributed by atoms with Gasteiger partial charge in [-0.3, -0.25) is 4.79 Å². The topological polar surface area (TPSA) is 90.7 Å². The van der Waals surface area contributed by atoms with Crippen molar-refractivity contribution in [3.63, 3.8) is 0 Å². The summed E-state index contributed by atoms with van der Waals surface area (Å²) < 4.78 is 0. The van der Waals surface area contributed by atoms with Crippen molar-refractivity contribution in [3.05, 3.63) is 76.6 Å². The summed E-state index contributed by atoms with van der Waals surface area (Å²) in [6.45, 7) is 1.93. The van der Waals surface area contributed by atoms with E-state index in [-0.39, 0.29) is 11.6 Å². The molecule has 0 unspecified atom stereocenters. The fraction of sp³-hybridized carbons (Fsp3) is 0.0526. The molecule has 0 atom stereocenters. The van der Waals surface area contributed by atoms with Crippen LogP contribution in [0.25, 0.3) is 0 Å². The Kier molecular flexibility index (Phi) is 5.11. The zero-order chi connectivity index (χ0) is 18.5. The Morgan fingerprint density at radius 1 is 1.19 bits per heavy atom. The number of rotatable bonds is 4. The van der Waals surface area contributed by atoms with E-state index in [2.05, 4.69) is 20.6 Å². The first-order chi connectivity index (χ1) is 12.5. The fourth-order valence-corrected chi connectivity index (χ4v) is 2.43. The number of amides is 1. The van der Waals surface area contributed by atoms with Crippen LogP contribution in [0.4, 0.5) is 17.3 Å². The highest BCUT2D eigenvalue weighted by Crippen LogP contribution is 2.22. The van der Waals surface area contributed by atoms with Crippen LogP contribution in [-0.4, -0.2) is 15.9 Å². The largest absolute Gasteiger partial charge is 0.324 e. The molecule has 0 aliphatic rings. The number of nitrogens with one attached hydrogen (secondary N) is 2. The third-order valence-electron chi connectivity index (χ3n) is 3.58. The summed E-state index contributed by atoms with van der Waals surface area (Å²) in [6, 6.07) is 15.6. The maximum atomic E-state index is 12.4. The number of benzene rings is 2. The van der Waals surface area contributed by atoms with Gasteiger partial charge < -0.3 is 10.6 Å². The summed E-state index contributed by atoms with van der Waals surface area (Å²) in [4.78, 5) is 20.8. The summed E-state index contributed by atoms with van der Waals surface area (Å²) >= 11 is 6.01. The summed E-state index contributed by atoms with van der Waals surface area (Å²) in [7, 11) is 0. The van der Waals surface area contributed by atoms with Gasteiger partial charge in [-0.25, -0.2) is 9.97 Å². The van der Waals surface area contributed by atoms with Crippen molar-refractivity contribution in [3.8, 4) is 6.07 Å². The standard InChI is InChI=1S/C19H14ClN5O/c1-12-5-6-14(20)10-17(12)25-19-22-8-7-16(24-19)18(26)23-15-4-2-3-13(9-15)11-21/h2-10H,1H3,(H,23,26)(H,22,24,25). The van der Waals surface area contributed by atoms with Crippen molar-refractivity contribution in [2.45, 2.75) is 6.92 Å². The van der Waals surface area contributed by atoms with E-state index in [1.807, 2.05) is 19.1 Å². The number of aromatic nitrogens is 2. The first kappa shape index (κ1) is 17.4. The molecule has 0 fully saturated rings. The maximum Gasteiger partial charge on any atom is 0.274 e. The smallest absolute Gasteiger partial charge is 0.274 e. The van der Waals surface area contributed by atoms with E-state index in [0.717, 1.165) is 11.3 Å². The normalized spacial score (nSPS) is 10.0. The SMILES string of the molecule is Cc1ccc(Cl)cc1Nc1nccc(C(=O)Nc2cccc(C#N)c2)n1. The number of hydrogen-bond acceptors (Lipinski definition) is 5. The minimum atomic E-state index is -0.395. The van der Waals surface area contributed by atoms with Gasteiger partial charge in [0.05, 0.1) is 11.6 Å². The Morgan fingerprint density at radius 2 is 2.04 bits per heavy atom. The second kappa shape index (κ2) is 7.64. The van der Waals surface area contributed by atoms with Gasteiger partial charge in [-0.1, -0.05) is 23.7 Å². The first-order valence-corrected chi connectivity index (χ1v) is 8.11. The highest BCUT2D eigenvalue weighted by Gasteiger charge is 2.10. The summed E-state index contributed by atoms with van der Waals surface area (Å²) in [6.07, 6.45) is 1.50. The predicted octanol–water partition coefficient (Wildman–Crippen LogP) is 4.31. The summed E-state index contributed by atoms with van der Waals surface area (Å²) in [5.41, 5.74) is 2.92. The van der Waals surface area contributed by atoms with Crippen LogP contribution >= 0.6 is 11.6 Å². The Balaban J connectivity index is 1.79. The van der Waals surface area contributed by atoms with Gasteiger partial charge in [0.15, 0.2) is 0 Å². The van der Waals surface area contributed by atoms with Crippen molar-refractivity contribution in [1.29, 1.82) is 5.26 Å². The van der Waals surface area contributed by atoms with Crippen molar-refractivity contribution < 1.29 is 4.79 Å². The quantitative estimate of drug-likeness (QED) is 0.720. The monoisotopic (exact) mass is 363 g/mol. The molecular weight excluding hydrogens is 350 g/mol. The molecule has 3 rings (SSSR count). The molecule has 1 aromatic heterocycles. The van der Waals surface area contributed by atoms with Crippen LogP contribution in [0.5, 0.6) is 0 Å². The third-order valence-corrected chi connectivity index (χ3v) is 3.82. The highest BCUT2D eigenvalue weighted by molar-refractivity contribution is 6.30. The van der Waals surface area contributed by atoms with Gasteiger partial charge in [0.1, 0.15) is 5.69 Å². The van der Waals surface area contributed by atoms with Crippen molar-refractivity contribution in [2.24, 2.45) is 0 Å².